The first-order valence-corrected chi connectivity index (χ1v) is 11.6. The molecule has 0 bridgehead atoms. The Morgan fingerprint density at radius 2 is 1.86 bits per heavy atom. The third-order valence-corrected chi connectivity index (χ3v) is 7.08. The van der Waals surface area contributed by atoms with Crippen molar-refractivity contribution in [1.82, 2.24) is 4.90 Å². The molecule has 0 saturated carbocycles. The van der Waals surface area contributed by atoms with Gasteiger partial charge in [-0.25, -0.2) is 4.79 Å². The summed E-state index contributed by atoms with van der Waals surface area (Å²) in [6, 6.07) is 14.9. The quantitative estimate of drug-likeness (QED) is 0.625. The molecule has 1 N–H and O–H groups in total. The average Bonchev–Trinajstić information content (AvgIpc) is 3.33. The van der Waals surface area contributed by atoms with E-state index < -0.39 is 29.6 Å². The standard InChI is InChI=1S/C27H25ClN2O5/c1-34-24-15-17(19-8-4-3-7-18(19)16-29)13-14-27(24,35-2)26(33)30-22(11-12-23(30)25(31)32)20-9-5-6-10-21(20)28/h3-10,13,15,22-23H,11-12,14H2,1-2H3,(H,31,32)/t22-,23+,27?/m1/s1. The molecule has 0 radical (unpaired) electrons. The molecule has 4 rings (SSSR count). The zero-order valence-electron chi connectivity index (χ0n) is 19.4. The number of nitriles is 1. The van der Waals surface area contributed by atoms with Crippen molar-refractivity contribution in [3.8, 4) is 6.07 Å². The lowest BCUT2D eigenvalue weighted by molar-refractivity contribution is -0.163. The van der Waals surface area contributed by atoms with E-state index in [0.717, 1.165) is 5.57 Å². The molecular weight excluding hydrogens is 468 g/mol. The summed E-state index contributed by atoms with van der Waals surface area (Å²) in [5, 5.41) is 19.9. The van der Waals surface area contributed by atoms with E-state index in [9.17, 15) is 20.0 Å². The molecule has 35 heavy (non-hydrogen) atoms. The Morgan fingerprint density at radius 3 is 2.51 bits per heavy atom. The van der Waals surface area contributed by atoms with Gasteiger partial charge in [0, 0.05) is 18.6 Å². The summed E-state index contributed by atoms with van der Waals surface area (Å²) in [5.74, 6) is -1.35. The molecule has 3 atom stereocenters. The predicted molar refractivity (Wildman–Crippen MR) is 130 cm³/mol. The summed E-state index contributed by atoms with van der Waals surface area (Å²) in [6.45, 7) is 0. The highest BCUT2D eigenvalue weighted by Crippen LogP contribution is 2.44. The molecule has 1 unspecified atom stereocenters. The summed E-state index contributed by atoms with van der Waals surface area (Å²) >= 11 is 6.44. The second-order valence-electron chi connectivity index (χ2n) is 8.45. The first kappa shape index (κ1) is 24.5. The smallest absolute Gasteiger partial charge is 0.326 e. The third kappa shape index (κ3) is 4.20. The Morgan fingerprint density at radius 1 is 1.14 bits per heavy atom. The zero-order valence-corrected chi connectivity index (χ0v) is 20.2. The Balaban J connectivity index is 1.77. The Bertz CT molecular complexity index is 1260. The Labute approximate surface area is 208 Å². The van der Waals surface area contributed by atoms with Crippen LogP contribution in [0.2, 0.25) is 5.02 Å². The number of likely N-dealkylation sites (tertiary alicyclic amines) is 1. The topological polar surface area (TPSA) is 99.9 Å². The van der Waals surface area contributed by atoms with Crippen molar-refractivity contribution >= 4 is 29.1 Å². The number of methoxy groups -OCH3 is 2. The molecule has 2 aromatic rings. The van der Waals surface area contributed by atoms with Crippen LogP contribution in [0.25, 0.3) is 5.57 Å². The summed E-state index contributed by atoms with van der Waals surface area (Å²) in [4.78, 5) is 27.7. The van der Waals surface area contributed by atoms with Crippen LogP contribution in [0, 0.1) is 11.3 Å². The number of carboxylic acid groups (broad SMARTS) is 1. The second kappa shape index (κ2) is 9.95. The minimum absolute atomic E-state index is 0.106. The minimum Gasteiger partial charge on any atom is -0.497 e. The van der Waals surface area contributed by atoms with E-state index in [-0.39, 0.29) is 12.2 Å². The summed E-state index contributed by atoms with van der Waals surface area (Å²) < 4.78 is 11.5. The van der Waals surface area contributed by atoms with E-state index in [4.69, 9.17) is 21.1 Å². The fraction of sp³-hybridized carbons (Fsp3) is 0.296. The largest absolute Gasteiger partial charge is 0.497 e. The van der Waals surface area contributed by atoms with E-state index in [0.29, 0.717) is 34.6 Å². The van der Waals surface area contributed by atoms with Crippen LogP contribution in [0.3, 0.4) is 0 Å². The molecule has 8 heteroatoms. The van der Waals surface area contributed by atoms with Gasteiger partial charge in [0.25, 0.3) is 5.91 Å². The molecule has 0 spiro atoms. The van der Waals surface area contributed by atoms with Crippen molar-refractivity contribution in [2.24, 2.45) is 0 Å². The Kier molecular flexibility index (Phi) is 6.97. The van der Waals surface area contributed by atoms with Crippen LogP contribution >= 0.6 is 11.6 Å². The van der Waals surface area contributed by atoms with Gasteiger partial charge < -0.3 is 19.5 Å². The van der Waals surface area contributed by atoms with Gasteiger partial charge in [-0.3, -0.25) is 4.79 Å². The van der Waals surface area contributed by atoms with Gasteiger partial charge >= 0.3 is 5.97 Å². The number of aliphatic carboxylic acids is 1. The maximum absolute atomic E-state index is 14.2. The number of halogens is 1. The number of nitrogens with zero attached hydrogens (tertiary/aromatic N) is 2. The minimum atomic E-state index is -1.56. The molecule has 1 aliphatic heterocycles. The van der Waals surface area contributed by atoms with Crippen molar-refractivity contribution in [3.63, 3.8) is 0 Å². The van der Waals surface area contributed by atoms with E-state index in [1.165, 1.54) is 19.1 Å². The molecular formula is C27H25ClN2O5. The normalized spacial score (nSPS) is 23.8. The van der Waals surface area contributed by atoms with Gasteiger partial charge in [-0.05, 0) is 47.8 Å². The van der Waals surface area contributed by atoms with Gasteiger partial charge in [-0.1, -0.05) is 54.1 Å². The van der Waals surface area contributed by atoms with Crippen LogP contribution in [0.5, 0.6) is 0 Å². The number of hydrogen-bond acceptors (Lipinski definition) is 5. The van der Waals surface area contributed by atoms with Crippen LogP contribution in [-0.2, 0) is 19.1 Å². The van der Waals surface area contributed by atoms with Crippen molar-refractivity contribution in [2.75, 3.05) is 14.2 Å². The highest BCUT2D eigenvalue weighted by molar-refractivity contribution is 6.31. The summed E-state index contributed by atoms with van der Waals surface area (Å²) in [6.07, 6.45) is 4.34. The molecule has 1 fully saturated rings. The van der Waals surface area contributed by atoms with Gasteiger partial charge in [-0.15, -0.1) is 0 Å². The molecule has 7 nitrogen and oxygen atoms in total. The number of benzene rings is 2. The zero-order chi connectivity index (χ0) is 25.2. The van der Waals surface area contributed by atoms with Crippen molar-refractivity contribution in [3.05, 3.63) is 88.2 Å². The molecule has 1 heterocycles. The number of carbonyl (C=O) groups excluding carboxylic acids is 1. The van der Waals surface area contributed by atoms with Crippen LogP contribution in [0.1, 0.15) is 42.0 Å². The van der Waals surface area contributed by atoms with Gasteiger partial charge in [0.15, 0.2) is 0 Å². The van der Waals surface area contributed by atoms with E-state index in [2.05, 4.69) is 6.07 Å². The van der Waals surface area contributed by atoms with Gasteiger partial charge in [0.2, 0.25) is 5.60 Å². The number of carbonyl (C=O) groups is 2. The van der Waals surface area contributed by atoms with Gasteiger partial charge in [0.05, 0.1) is 24.8 Å². The lowest BCUT2D eigenvalue weighted by atomic mass is 9.84. The van der Waals surface area contributed by atoms with Gasteiger partial charge in [0.1, 0.15) is 11.8 Å². The van der Waals surface area contributed by atoms with Crippen LogP contribution in [-0.4, -0.2) is 47.7 Å². The van der Waals surface area contributed by atoms with Crippen LogP contribution < -0.4 is 0 Å². The number of amides is 1. The fourth-order valence-electron chi connectivity index (χ4n) is 4.97. The maximum Gasteiger partial charge on any atom is 0.326 e. The molecule has 1 aliphatic carbocycles. The average molecular weight is 493 g/mol. The fourth-order valence-corrected chi connectivity index (χ4v) is 5.24. The molecule has 2 aliphatic rings. The van der Waals surface area contributed by atoms with Crippen molar-refractivity contribution in [2.45, 2.75) is 36.9 Å². The number of hydrogen-bond donors (Lipinski definition) is 1. The third-order valence-electron chi connectivity index (χ3n) is 6.74. The molecule has 2 aromatic carbocycles. The number of ether oxygens (including phenoxy) is 2. The first-order chi connectivity index (χ1) is 16.9. The Hall–Kier alpha value is -3.60. The molecule has 180 valence electrons. The van der Waals surface area contributed by atoms with E-state index >= 15 is 0 Å². The van der Waals surface area contributed by atoms with E-state index in [1.807, 2.05) is 30.3 Å². The second-order valence-corrected chi connectivity index (χ2v) is 8.85. The van der Waals surface area contributed by atoms with Crippen LogP contribution in [0.15, 0.2) is 66.4 Å². The highest BCUT2D eigenvalue weighted by atomic mass is 35.5. The van der Waals surface area contributed by atoms with Crippen LogP contribution in [0.4, 0.5) is 0 Å². The number of carboxylic acids is 1. The van der Waals surface area contributed by atoms with E-state index in [1.54, 1.807) is 30.3 Å². The molecule has 0 aromatic heterocycles. The van der Waals surface area contributed by atoms with Crippen molar-refractivity contribution in [1.29, 1.82) is 5.26 Å². The lowest BCUT2D eigenvalue weighted by Gasteiger charge is -2.40. The first-order valence-electron chi connectivity index (χ1n) is 11.2. The van der Waals surface area contributed by atoms with Crippen molar-refractivity contribution < 1.29 is 24.2 Å². The monoisotopic (exact) mass is 492 g/mol. The summed E-state index contributed by atoms with van der Waals surface area (Å²) in [5.41, 5.74) is 1.05. The highest BCUT2D eigenvalue weighted by Gasteiger charge is 2.53. The SMILES string of the molecule is COC1=CC(c2ccccc2C#N)=CCC1(OC)C(=O)N1[C@@H](c2ccccc2Cl)CC[C@H]1C(=O)O. The van der Waals surface area contributed by atoms with Gasteiger partial charge in [-0.2, -0.15) is 5.26 Å². The predicted octanol–water partition coefficient (Wildman–Crippen LogP) is 4.73. The number of allylic oxidation sites excluding steroid dienone is 2. The summed E-state index contributed by atoms with van der Waals surface area (Å²) in [7, 11) is 2.85. The number of rotatable bonds is 6. The molecule has 1 saturated heterocycles. The molecule has 1 amide bonds. The maximum atomic E-state index is 14.2. The lowest BCUT2D eigenvalue weighted by Crippen LogP contribution is -2.55.